The van der Waals surface area contributed by atoms with E-state index in [1.165, 1.54) is 89.9 Å². The molecule has 0 aromatic rings. The lowest BCUT2D eigenvalue weighted by Gasteiger charge is -2.28. The molecule has 0 fully saturated rings. The van der Waals surface area contributed by atoms with Gasteiger partial charge < -0.3 is 0 Å². The van der Waals surface area contributed by atoms with Crippen molar-refractivity contribution in [3.8, 4) is 0 Å². The zero-order valence-corrected chi connectivity index (χ0v) is 18.1. The number of unbranched alkanes of at least 4 members (excludes halogenated alkanes) is 5. The van der Waals surface area contributed by atoms with E-state index in [2.05, 4.69) is 39.6 Å². The minimum Gasteiger partial charge on any atom is -0.276 e. The minimum atomic E-state index is 0.434. The molecule has 2 atom stereocenters. The van der Waals surface area contributed by atoms with Gasteiger partial charge >= 0.3 is 0 Å². The van der Waals surface area contributed by atoms with Gasteiger partial charge in [0.05, 0.1) is 6.04 Å². The van der Waals surface area contributed by atoms with Crippen molar-refractivity contribution < 1.29 is 0 Å². The van der Waals surface area contributed by atoms with Gasteiger partial charge in [-0.15, -0.1) is 0 Å². The van der Waals surface area contributed by atoms with Crippen LogP contribution in [0.25, 0.3) is 0 Å². The van der Waals surface area contributed by atoms with Crippen LogP contribution in [0.15, 0.2) is 10.3 Å². The van der Waals surface area contributed by atoms with E-state index >= 15 is 0 Å². The lowest BCUT2D eigenvalue weighted by molar-refractivity contribution is 0.159. The first-order valence-electron chi connectivity index (χ1n) is 11.4. The Balaban J connectivity index is 4.87. The molecule has 0 saturated carbocycles. The zero-order valence-electron chi connectivity index (χ0n) is 18.1. The highest BCUT2D eigenvalue weighted by Crippen LogP contribution is 2.19. The van der Waals surface area contributed by atoms with E-state index in [4.69, 9.17) is 10.3 Å². The van der Waals surface area contributed by atoms with E-state index in [0.29, 0.717) is 12.1 Å². The number of nitrogens with zero attached hydrogens (tertiary/aromatic N) is 3. The van der Waals surface area contributed by atoms with Crippen LogP contribution in [0.1, 0.15) is 125 Å². The molecule has 0 aliphatic rings. The van der Waals surface area contributed by atoms with Crippen LogP contribution in [0.2, 0.25) is 0 Å². The van der Waals surface area contributed by atoms with Gasteiger partial charge in [0, 0.05) is 12.6 Å². The standard InChI is InChI=1S/C22H47N3/c1-6-11-15-18-21(17-12-7-2)23-24-25(20-14-9-4)22(16-10-5)19-13-8-3/h21-22H,6-20H2,1-5H3/b24-23-. The third-order valence-corrected chi connectivity index (χ3v) is 5.04. The Bertz CT molecular complexity index is 291. The summed E-state index contributed by atoms with van der Waals surface area (Å²) in [6.45, 7) is 12.5. The first-order chi connectivity index (χ1) is 12.2. The van der Waals surface area contributed by atoms with Crippen molar-refractivity contribution in [2.45, 2.75) is 137 Å². The van der Waals surface area contributed by atoms with Crippen molar-refractivity contribution in [3.63, 3.8) is 0 Å². The number of hydrogen-bond acceptors (Lipinski definition) is 2. The monoisotopic (exact) mass is 353 g/mol. The summed E-state index contributed by atoms with van der Waals surface area (Å²) in [5, 5.41) is 12.0. The van der Waals surface area contributed by atoms with Gasteiger partial charge in [-0.1, -0.05) is 97.6 Å². The van der Waals surface area contributed by atoms with Gasteiger partial charge in [0.15, 0.2) is 0 Å². The Morgan fingerprint density at radius 1 is 0.600 bits per heavy atom. The topological polar surface area (TPSA) is 28.0 Å². The zero-order chi connectivity index (χ0) is 18.8. The molecule has 0 rings (SSSR count). The van der Waals surface area contributed by atoms with Gasteiger partial charge in [0.2, 0.25) is 0 Å². The van der Waals surface area contributed by atoms with Crippen molar-refractivity contribution in [1.82, 2.24) is 5.01 Å². The minimum absolute atomic E-state index is 0.434. The Kier molecular flexibility index (Phi) is 17.8. The summed E-state index contributed by atoms with van der Waals surface area (Å²) in [5.41, 5.74) is 0. The van der Waals surface area contributed by atoms with Crippen LogP contribution in [-0.4, -0.2) is 23.6 Å². The second-order valence-electron chi connectivity index (χ2n) is 7.60. The van der Waals surface area contributed by atoms with Gasteiger partial charge in [-0.05, 0) is 32.1 Å². The van der Waals surface area contributed by atoms with Gasteiger partial charge in [0.1, 0.15) is 0 Å². The molecule has 0 aliphatic carbocycles. The molecule has 0 aromatic heterocycles. The molecule has 3 nitrogen and oxygen atoms in total. The molecule has 25 heavy (non-hydrogen) atoms. The predicted molar refractivity (Wildman–Crippen MR) is 112 cm³/mol. The Labute approximate surface area is 159 Å². The lowest BCUT2D eigenvalue weighted by Crippen LogP contribution is -2.31. The average Bonchev–Trinajstić information content (AvgIpc) is 2.63. The molecule has 2 unspecified atom stereocenters. The Morgan fingerprint density at radius 3 is 1.80 bits per heavy atom. The fraction of sp³-hybridized carbons (Fsp3) is 1.00. The molecule has 0 amide bonds. The van der Waals surface area contributed by atoms with Crippen molar-refractivity contribution in [1.29, 1.82) is 0 Å². The van der Waals surface area contributed by atoms with Gasteiger partial charge in [-0.2, -0.15) is 5.11 Å². The largest absolute Gasteiger partial charge is 0.276 e. The summed E-state index contributed by atoms with van der Waals surface area (Å²) in [6.07, 6.45) is 17.7. The van der Waals surface area contributed by atoms with E-state index in [-0.39, 0.29) is 0 Å². The molecule has 0 spiro atoms. The maximum atomic E-state index is 4.85. The number of hydrogen-bond donors (Lipinski definition) is 0. The van der Waals surface area contributed by atoms with Crippen molar-refractivity contribution >= 4 is 0 Å². The maximum absolute atomic E-state index is 4.85. The Hall–Kier alpha value is -0.600. The van der Waals surface area contributed by atoms with Crippen LogP contribution >= 0.6 is 0 Å². The lowest BCUT2D eigenvalue weighted by atomic mass is 10.0. The van der Waals surface area contributed by atoms with Crippen LogP contribution < -0.4 is 0 Å². The molecule has 150 valence electrons. The summed E-state index contributed by atoms with van der Waals surface area (Å²) in [4.78, 5) is 0. The predicted octanol–water partition coefficient (Wildman–Crippen LogP) is 7.95. The van der Waals surface area contributed by atoms with Gasteiger partial charge in [-0.3, -0.25) is 5.01 Å². The quantitative estimate of drug-likeness (QED) is 0.139. The van der Waals surface area contributed by atoms with Crippen LogP contribution in [-0.2, 0) is 0 Å². The molecular formula is C22H47N3. The molecule has 0 heterocycles. The summed E-state index contributed by atoms with van der Waals surface area (Å²) in [5.74, 6) is 0. The maximum Gasteiger partial charge on any atom is 0.0729 e. The first-order valence-corrected chi connectivity index (χ1v) is 11.4. The molecule has 0 radical (unpaired) electrons. The highest BCUT2D eigenvalue weighted by atomic mass is 15.6. The molecular weight excluding hydrogens is 306 g/mol. The first kappa shape index (κ1) is 24.4. The highest BCUT2D eigenvalue weighted by Gasteiger charge is 2.16. The normalized spacial score (nSPS) is 14.1. The molecule has 0 N–H and O–H groups in total. The average molecular weight is 354 g/mol. The molecule has 0 aliphatic heterocycles. The van der Waals surface area contributed by atoms with Crippen LogP contribution in [0.4, 0.5) is 0 Å². The van der Waals surface area contributed by atoms with Crippen LogP contribution in [0.5, 0.6) is 0 Å². The molecule has 0 aromatic carbocycles. The summed E-state index contributed by atoms with van der Waals surface area (Å²) in [6, 6.07) is 1.02. The summed E-state index contributed by atoms with van der Waals surface area (Å²) >= 11 is 0. The second kappa shape index (κ2) is 18.2. The second-order valence-corrected chi connectivity index (χ2v) is 7.60. The van der Waals surface area contributed by atoms with Crippen molar-refractivity contribution in [3.05, 3.63) is 0 Å². The molecule has 0 saturated heterocycles. The van der Waals surface area contributed by atoms with Crippen LogP contribution in [0.3, 0.4) is 0 Å². The van der Waals surface area contributed by atoms with Gasteiger partial charge in [0.25, 0.3) is 0 Å². The third-order valence-electron chi connectivity index (χ3n) is 5.04. The SMILES string of the molecule is CCCCCC(CCCC)/N=N\N(CCCC)C(CCC)CCCC. The van der Waals surface area contributed by atoms with E-state index in [1.807, 2.05) is 0 Å². The van der Waals surface area contributed by atoms with E-state index in [9.17, 15) is 0 Å². The summed E-state index contributed by atoms with van der Waals surface area (Å²) < 4.78 is 0. The van der Waals surface area contributed by atoms with E-state index < -0.39 is 0 Å². The fourth-order valence-electron chi connectivity index (χ4n) is 3.30. The van der Waals surface area contributed by atoms with Gasteiger partial charge in [-0.25, -0.2) is 0 Å². The molecule has 0 bridgehead atoms. The van der Waals surface area contributed by atoms with E-state index in [0.717, 1.165) is 6.54 Å². The van der Waals surface area contributed by atoms with E-state index in [1.54, 1.807) is 0 Å². The smallest absolute Gasteiger partial charge is 0.0729 e. The Morgan fingerprint density at radius 2 is 1.20 bits per heavy atom. The molecule has 3 heteroatoms. The van der Waals surface area contributed by atoms with Crippen molar-refractivity contribution in [2.75, 3.05) is 6.54 Å². The summed E-state index contributed by atoms with van der Waals surface area (Å²) in [7, 11) is 0. The fourth-order valence-corrected chi connectivity index (χ4v) is 3.30. The number of rotatable bonds is 18. The highest BCUT2D eigenvalue weighted by molar-refractivity contribution is 4.70. The third kappa shape index (κ3) is 13.3. The van der Waals surface area contributed by atoms with Crippen LogP contribution in [0, 0.1) is 0 Å². The van der Waals surface area contributed by atoms with Crippen molar-refractivity contribution in [2.24, 2.45) is 10.3 Å².